The number of carbonyl (C=O) groups excluding carboxylic acids is 1. The van der Waals surface area contributed by atoms with Crippen LogP contribution in [0.1, 0.15) is 47.1 Å². The zero-order valence-electron chi connectivity index (χ0n) is 18.4. The lowest BCUT2D eigenvalue weighted by Crippen LogP contribution is -2.15. The van der Waals surface area contributed by atoms with Crippen LogP contribution in [0.25, 0.3) is 0 Å². The Balaban J connectivity index is 1.34. The van der Waals surface area contributed by atoms with E-state index >= 15 is 0 Å². The molecule has 3 aromatic rings. The Kier molecular flexibility index (Phi) is 7.29. The number of carbonyl (C=O) groups is 2. The highest BCUT2D eigenvalue weighted by molar-refractivity contribution is 7.99. The molecule has 1 amide bonds. The second-order valence-electron chi connectivity index (χ2n) is 7.79. The summed E-state index contributed by atoms with van der Waals surface area (Å²) in [6.07, 6.45) is 4.71. The Bertz CT molecular complexity index is 1160. The van der Waals surface area contributed by atoms with Crippen molar-refractivity contribution in [2.24, 2.45) is 0 Å². The van der Waals surface area contributed by atoms with Crippen molar-refractivity contribution in [2.75, 3.05) is 11.1 Å². The van der Waals surface area contributed by atoms with Gasteiger partial charge in [-0.25, -0.2) is 4.79 Å². The zero-order chi connectivity index (χ0) is 23.2. The van der Waals surface area contributed by atoms with E-state index in [1.807, 2.05) is 17.6 Å². The molecule has 4 rings (SSSR count). The summed E-state index contributed by atoms with van der Waals surface area (Å²) in [7, 11) is 0. The van der Waals surface area contributed by atoms with Gasteiger partial charge in [-0.1, -0.05) is 23.9 Å². The average molecular weight is 467 g/mol. The van der Waals surface area contributed by atoms with Crippen molar-refractivity contribution in [3.05, 3.63) is 65.0 Å². The first kappa shape index (κ1) is 22.8. The highest BCUT2D eigenvalue weighted by Crippen LogP contribution is 2.26. The summed E-state index contributed by atoms with van der Waals surface area (Å²) in [5.74, 6) is 0.369. The Labute approximate surface area is 196 Å². The van der Waals surface area contributed by atoms with Crippen molar-refractivity contribution >= 4 is 29.3 Å². The molecule has 33 heavy (non-hydrogen) atoms. The third kappa shape index (κ3) is 5.73. The fourth-order valence-electron chi connectivity index (χ4n) is 3.85. The fourth-order valence-corrected chi connectivity index (χ4v) is 4.68. The molecule has 0 spiro atoms. The van der Waals surface area contributed by atoms with Gasteiger partial charge in [0.25, 0.3) is 0 Å². The van der Waals surface area contributed by atoms with Gasteiger partial charge in [-0.05, 0) is 74.1 Å². The van der Waals surface area contributed by atoms with Crippen molar-refractivity contribution in [2.45, 2.75) is 50.9 Å². The van der Waals surface area contributed by atoms with E-state index in [2.05, 4.69) is 27.6 Å². The van der Waals surface area contributed by atoms with Crippen LogP contribution in [-0.2, 0) is 30.8 Å². The number of fused-ring (bicyclic) bond motifs is 1. The molecule has 0 atom stereocenters. The lowest BCUT2D eigenvalue weighted by atomic mass is 9.92. The molecule has 0 radical (unpaired) electrons. The maximum Gasteiger partial charge on any atom is 0.335 e. The number of thioether (sulfide) groups is 1. The first-order chi connectivity index (χ1) is 16.0. The van der Waals surface area contributed by atoms with Crippen LogP contribution in [0, 0.1) is 0 Å². The number of hydrogen-bond donors (Lipinski definition) is 2. The Morgan fingerprint density at radius 2 is 1.94 bits per heavy atom. The molecule has 0 bridgehead atoms. The molecule has 2 aromatic carbocycles. The molecule has 172 valence electrons. The number of aromatic nitrogens is 3. The van der Waals surface area contributed by atoms with Crippen LogP contribution in [0.5, 0.6) is 5.75 Å². The van der Waals surface area contributed by atoms with E-state index in [4.69, 9.17) is 9.84 Å². The van der Waals surface area contributed by atoms with Crippen LogP contribution in [-0.4, -0.2) is 37.5 Å². The number of carboxylic acids is 1. The Morgan fingerprint density at radius 1 is 1.12 bits per heavy atom. The predicted molar refractivity (Wildman–Crippen MR) is 126 cm³/mol. The molecule has 0 aliphatic heterocycles. The summed E-state index contributed by atoms with van der Waals surface area (Å²) < 4.78 is 7.92. The molecular formula is C24H26N4O4S. The number of hydrogen-bond acceptors (Lipinski definition) is 6. The second-order valence-corrected chi connectivity index (χ2v) is 8.73. The van der Waals surface area contributed by atoms with Gasteiger partial charge in [-0.3, -0.25) is 4.79 Å². The molecular weight excluding hydrogens is 440 g/mol. The number of carboxylic acid groups (broad SMARTS) is 1. The van der Waals surface area contributed by atoms with Gasteiger partial charge in [0.15, 0.2) is 11.0 Å². The minimum absolute atomic E-state index is 0.120. The van der Waals surface area contributed by atoms with E-state index in [0.717, 1.165) is 18.6 Å². The lowest BCUT2D eigenvalue weighted by Gasteiger charge is -2.16. The summed E-state index contributed by atoms with van der Waals surface area (Å²) in [5.41, 5.74) is 3.34. The van der Waals surface area contributed by atoms with Crippen molar-refractivity contribution in [1.82, 2.24) is 14.8 Å². The Morgan fingerprint density at radius 3 is 2.73 bits per heavy atom. The zero-order valence-corrected chi connectivity index (χ0v) is 19.2. The van der Waals surface area contributed by atoms with E-state index in [1.165, 1.54) is 47.9 Å². The second kappa shape index (κ2) is 10.5. The third-order valence-corrected chi connectivity index (χ3v) is 6.49. The van der Waals surface area contributed by atoms with E-state index in [1.54, 1.807) is 12.1 Å². The molecule has 2 N–H and O–H groups in total. The van der Waals surface area contributed by atoms with Crippen molar-refractivity contribution in [3.8, 4) is 5.75 Å². The lowest BCUT2D eigenvalue weighted by molar-refractivity contribution is -0.113. The van der Waals surface area contributed by atoms with Crippen LogP contribution in [0.15, 0.2) is 47.6 Å². The van der Waals surface area contributed by atoms with Gasteiger partial charge in [0, 0.05) is 12.2 Å². The molecule has 0 unspecified atom stereocenters. The minimum Gasteiger partial charge on any atom is -0.486 e. The van der Waals surface area contributed by atoms with Gasteiger partial charge in [0.05, 0.1) is 11.3 Å². The van der Waals surface area contributed by atoms with Gasteiger partial charge in [0.2, 0.25) is 5.91 Å². The van der Waals surface area contributed by atoms with E-state index in [0.29, 0.717) is 29.8 Å². The van der Waals surface area contributed by atoms with Crippen molar-refractivity contribution in [1.29, 1.82) is 0 Å². The van der Waals surface area contributed by atoms with Crippen molar-refractivity contribution in [3.63, 3.8) is 0 Å². The summed E-state index contributed by atoms with van der Waals surface area (Å²) in [6.45, 7) is 2.95. The number of nitrogens with one attached hydrogen (secondary N) is 1. The molecule has 0 saturated carbocycles. The summed E-state index contributed by atoms with van der Waals surface area (Å²) >= 11 is 1.28. The van der Waals surface area contributed by atoms with Crippen LogP contribution in [0.4, 0.5) is 5.69 Å². The number of ether oxygens (including phenoxy) is 1. The summed E-state index contributed by atoms with van der Waals surface area (Å²) in [5, 5.41) is 20.9. The fraction of sp³-hybridized carbons (Fsp3) is 0.333. The van der Waals surface area contributed by atoms with E-state index < -0.39 is 5.97 Å². The van der Waals surface area contributed by atoms with E-state index in [9.17, 15) is 9.59 Å². The van der Waals surface area contributed by atoms with Gasteiger partial charge >= 0.3 is 5.97 Å². The third-order valence-electron chi connectivity index (χ3n) is 5.52. The van der Waals surface area contributed by atoms with Gasteiger partial charge in [0.1, 0.15) is 12.4 Å². The molecule has 0 fully saturated rings. The van der Waals surface area contributed by atoms with Gasteiger partial charge in [-0.15, -0.1) is 10.2 Å². The van der Waals surface area contributed by atoms with E-state index in [-0.39, 0.29) is 17.2 Å². The monoisotopic (exact) mass is 466 g/mol. The maximum atomic E-state index is 12.3. The first-order valence-corrected chi connectivity index (χ1v) is 11.9. The van der Waals surface area contributed by atoms with Crippen LogP contribution in [0.2, 0.25) is 0 Å². The Hall–Kier alpha value is -3.33. The summed E-state index contributed by atoms with van der Waals surface area (Å²) in [4.78, 5) is 23.4. The molecule has 8 nitrogen and oxygen atoms in total. The van der Waals surface area contributed by atoms with Crippen LogP contribution < -0.4 is 10.1 Å². The first-order valence-electron chi connectivity index (χ1n) is 11.0. The number of amides is 1. The number of benzene rings is 2. The average Bonchev–Trinajstić information content (AvgIpc) is 3.23. The maximum absolute atomic E-state index is 12.3. The largest absolute Gasteiger partial charge is 0.486 e. The number of nitrogens with zero attached hydrogens (tertiary/aromatic N) is 3. The number of aromatic carboxylic acids is 1. The SMILES string of the molecule is CCn1c(COc2ccc3c(c2)CCCC3)nnc1SCC(=O)Nc1cccc(C(=O)O)c1. The topological polar surface area (TPSA) is 106 Å². The standard InChI is InChI=1S/C24H26N4O4S/c1-2-28-21(14-32-20-11-10-16-6-3-4-7-17(16)13-20)26-27-24(28)33-15-22(29)25-19-9-5-8-18(12-19)23(30)31/h5,8-13H,2-4,6-7,14-15H2,1H3,(H,25,29)(H,30,31). The number of anilines is 1. The predicted octanol–water partition coefficient (Wildman–Crippen LogP) is 4.18. The minimum atomic E-state index is -1.04. The van der Waals surface area contributed by atoms with Crippen molar-refractivity contribution < 1.29 is 19.4 Å². The number of rotatable bonds is 9. The molecule has 1 aliphatic rings. The van der Waals surface area contributed by atoms with Gasteiger partial charge < -0.3 is 19.7 Å². The quantitative estimate of drug-likeness (QED) is 0.456. The normalized spacial score (nSPS) is 12.8. The highest BCUT2D eigenvalue weighted by atomic mass is 32.2. The molecule has 1 aromatic heterocycles. The van der Waals surface area contributed by atoms with Crippen LogP contribution >= 0.6 is 11.8 Å². The van der Waals surface area contributed by atoms with Crippen LogP contribution in [0.3, 0.4) is 0 Å². The summed E-state index contributed by atoms with van der Waals surface area (Å²) in [6, 6.07) is 12.4. The molecule has 9 heteroatoms. The molecule has 1 aliphatic carbocycles. The molecule has 0 saturated heterocycles. The highest BCUT2D eigenvalue weighted by Gasteiger charge is 2.15. The smallest absolute Gasteiger partial charge is 0.335 e. The van der Waals surface area contributed by atoms with Gasteiger partial charge in [-0.2, -0.15) is 0 Å². The number of aryl methyl sites for hydroxylation is 2. The molecule has 1 heterocycles.